The van der Waals surface area contributed by atoms with Crippen LogP contribution in [0.5, 0.6) is 0 Å². The van der Waals surface area contributed by atoms with E-state index in [1.807, 2.05) is 11.2 Å². The fraction of sp³-hybridized carbons (Fsp3) is 0.350. The molecule has 1 fully saturated rings. The Bertz CT molecular complexity index is 907. The highest BCUT2D eigenvalue weighted by atomic mass is 15.4. The summed E-state index contributed by atoms with van der Waals surface area (Å²) < 4.78 is 0. The third-order valence-corrected chi connectivity index (χ3v) is 5.80. The third kappa shape index (κ3) is 2.47. The minimum atomic E-state index is 0.332. The Kier molecular flexibility index (Phi) is 3.59. The predicted molar refractivity (Wildman–Crippen MR) is 99.6 cm³/mol. The number of nitrogens with one attached hydrogen (secondary N) is 2. The number of pyridine rings is 1. The van der Waals surface area contributed by atoms with Gasteiger partial charge in [0.25, 0.3) is 0 Å². The minimum absolute atomic E-state index is 0.332. The standard InChI is InChI=1S/C20H23N5/c21-25-9-6-13(7-10-25)19-17-12-24-20-18(17)16(5-8-22-20)15-4-2-1-3-14(15)11-23-19/h1-5,8,12-13,19,23H,6-7,9-11,21H2,(H,22,24). The van der Waals surface area contributed by atoms with E-state index in [9.17, 15) is 0 Å². The molecule has 0 aliphatic carbocycles. The van der Waals surface area contributed by atoms with E-state index in [-0.39, 0.29) is 0 Å². The molecule has 2 aliphatic rings. The number of nitrogens with zero attached hydrogens (tertiary/aromatic N) is 2. The van der Waals surface area contributed by atoms with Crippen LogP contribution >= 0.6 is 0 Å². The highest BCUT2D eigenvalue weighted by molar-refractivity contribution is 5.97. The first-order chi connectivity index (χ1) is 12.3. The number of hydrogen-bond donors (Lipinski definition) is 3. The van der Waals surface area contributed by atoms with E-state index in [0.717, 1.165) is 38.1 Å². The number of hydrazine groups is 1. The number of nitrogens with two attached hydrogens (primary N) is 1. The first kappa shape index (κ1) is 15.1. The van der Waals surface area contributed by atoms with Gasteiger partial charge in [-0.25, -0.2) is 9.99 Å². The summed E-state index contributed by atoms with van der Waals surface area (Å²) in [4.78, 5) is 7.97. The number of hydrogen-bond acceptors (Lipinski definition) is 4. The Morgan fingerprint density at radius 3 is 2.80 bits per heavy atom. The number of aromatic nitrogens is 2. The molecular formula is C20H23N5. The maximum Gasteiger partial charge on any atom is 0.138 e. The number of piperidine rings is 1. The maximum absolute atomic E-state index is 5.98. The molecule has 2 aliphatic heterocycles. The predicted octanol–water partition coefficient (Wildman–Crippen LogP) is 2.96. The van der Waals surface area contributed by atoms with Crippen LogP contribution in [0.4, 0.5) is 0 Å². The summed E-state index contributed by atoms with van der Waals surface area (Å²) in [5, 5.41) is 7.05. The molecule has 1 atom stereocenters. The van der Waals surface area contributed by atoms with Gasteiger partial charge in [0.15, 0.2) is 0 Å². The summed E-state index contributed by atoms with van der Waals surface area (Å²) in [6.45, 7) is 2.82. The molecule has 0 saturated carbocycles. The maximum atomic E-state index is 5.98. The number of rotatable bonds is 1. The zero-order valence-corrected chi connectivity index (χ0v) is 14.2. The van der Waals surface area contributed by atoms with Crippen LogP contribution in [-0.2, 0) is 6.54 Å². The third-order valence-electron chi connectivity index (χ3n) is 5.80. The lowest BCUT2D eigenvalue weighted by atomic mass is 9.83. The normalized spacial score (nSPS) is 21.7. The van der Waals surface area contributed by atoms with Crippen molar-refractivity contribution < 1.29 is 0 Å². The summed E-state index contributed by atoms with van der Waals surface area (Å²) >= 11 is 0. The summed E-state index contributed by atoms with van der Waals surface area (Å²) in [7, 11) is 0. The van der Waals surface area contributed by atoms with Crippen molar-refractivity contribution in [2.45, 2.75) is 25.4 Å². The molecule has 4 heterocycles. The second kappa shape index (κ2) is 5.95. The lowest BCUT2D eigenvalue weighted by Gasteiger charge is -2.35. The van der Waals surface area contributed by atoms with Gasteiger partial charge in [-0.3, -0.25) is 5.84 Å². The van der Waals surface area contributed by atoms with Crippen LogP contribution in [0.25, 0.3) is 22.2 Å². The van der Waals surface area contributed by atoms with Crippen molar-refractivity contribution in [1.82, 2.24) is 20.3 Å². The minimum Gasteiger partial charge on any atom is -0.346 e. The van der Waals surface area contributed by atoms with E-state index < -0.39 is 0 Å². The average molecular weight is 333 g/mol. The monoisotopic (exact) mass is 333 g/mol. The Balaban J connectivity index is 1.68. The van der Waals surface area contributed by atoms with E-state index >= 15 is 0 Å². The molecule has 0 spiro atoms. The molecule has 0 amide bonds. The lowest BCUT2D eigenvalue weighted by Crippen LogP contribution is -2.42. The second-order valence-corrected chi connectivity index (χ2v) is 7.22. The van der Waals surface area contributed by atoms with Crippen molar-refractivity contribution in [3.05, 3.63) is 53.9 Å². The van der Waals surface area contributed by atoms with Crippen LogP contribution in [0.15, 0.2) is 42.7 Å². The first-order valence-electron chi connectivity index (χ1n) is 9.08. The fourth-order valence-corrected chi connectivity index (χ4v) is 4.49. The lowest BCUT2D eigenvalue weighted by molar-refractivity contribution is 0.160. The fourth-order valence-electron chi connectivity index (χ4n) is 4.49. The van der Waals surface area contributed by atoms with Crippen molar-refractivity contribution >= 4 is 11.0 Å². The quantitative estimate of drug-likeness (QED) is 0.599. The SMILES string of the molecule is NN1CCC(C2NCc3ccccc3-c3ccnc4[nH]cc2c34)CC1. The van der Waals surface area contributed by atoms with Crippen molar-refractivity contribution in [3.8, 4) is 11.1 Å². The van der Waals surface area contributed by atoms with E-state index in [0.29, 0.717) is 12.0 Å². The van der Waals surface area contributed by atoms with Crippen LogP contribution in [0.2, 0.25) is 0 Å². The molecule has 5 nitrogen and oxygen atoms in total. The molecule has 0 radical (unpaired) electrons. The molecule has 2 aromatic heterocycles. The van der Waals surface area contributed by atoms with Crippen LogP contribution in [0.3, 0.4) is 0 Å². The highest BCUT2D eigenvalue weighted by Crippen LogP contribution is 2.40. The van der Waals surface area contributed by atoms with Crippen LogP contribution < -0.4 is 11.2 Å². The summed E-state index contributed by atoms with van der Waals surface area (Å²) in [6, 6.07) is 11.2. The summed E-state index contributed by atoms with van der Waals surface area (Å²) in [6.07, 6.45) is 6.31. The van der Waals surface area contributed by atoms with Gasteiger partial charge in [0.05, 0.1) is 0 Å². The van der Waals surface area contributed by atoms with E-state index in [1.54, 1.807) is 0 Å². The Hall–Kier alpha value is -2.21. The molecule has 1 aromatic carbocycles. The van der Waals surface area contributed by atoms with Gasteiger partial charge in [0, 0.05) is 43.5 Å². The van der Waals surface area contributed by atoms with Gasteiger partial charge in [0.2, 0.25) is 0 Å². The average Bonchev–Trinajstić information content (AvgIpc) is 3.06. The molecular weight excluding hydrogens is 310 g/mol. The molecule has 3 aromatic rings. The van der Waals surface area contributed by atoms with Gasteiger partial charge >= 0.3 is 0 Å². The molecule has 5 rings (SSSR count). The zero-order valence-electron chi connectivity index (χ0n) is 14.2. The molecule has 4 N–H and O–H groups in total. The van der Waals surface area contributed by atoms with Crippen molar-refractivity contribution in [3.63, 3.8) is 0 Å². The van der Waals surface area contributed by atoms with Crippen molar-refractivity contribution in [1.29, 1.82) is 0 Å². The Labute approximate surface area is 147 Å². The Morgan fingerprint density at radius 2 is 1.92 bits per heavy atom. The van der Waals surface area contributed by atoms with E-state index in [2.05, 4.69) is 51.8 Å². The topological polar surface area (TPSA) is 70.0 Å². The van der Waals surface area contributed by atoms with Crippen LogP contribution in [0, 0.1) is 5.92 Å². The van der Waals surface area contributed by atoms with E-state index in [4.69, 9.17) is 5.84 Å². The number of H-pyrrole nitrogens is 1. The van der Waals surface area contributed by atoms with Gasteiger partial charge in [-0.2, -0.15) is 0 Å². The van der Waals surface area contributed by atoms with Gasteiger partial charge in [0.1, 0.15) is 5.65 Å². The second-order valence-electron chi connectivity index (χ2n) is 7.22. The zero-order chi connectivity index (χ0) is 16.8. The first-order valence-corrected chi connectivity index (χ1v) is 9.08. The molecule has 128 valence electrons. The molecule has 1 saturated heterocycles. The van der Waals surface area contributed by atoms with Crippen LogP contribution in [-0.4, -0.2) is 28.1 Å². The summed E-state index contributed by atoms with van der Waals surface area (Å²) in [5.41, 5.74) is 6.27. The van der Waals surface area contributed by atoms with Gasteiger partial charge < -0.3 is 10.3 Å². The number of fused-ring (bicyclic) bond motifs is 2. The number of benzene rings is 1. The summed E-state index contributed by atoms with van der Waals surface area (Å²) in [5.74, 6) is 6.57. The molecule has 25 heavy (non-hydrogen) atoms. The smallest absolute Gasteiger partial charge is 0.138 e. The van der Waals surface area contributed by atoms with Crippen LogP contribution in [0.1, 0.15) is 30.0 Å². The number of aromatic amines is 1. The largest absolute Gasteiger partial charge is 0.346 e. The highest BCUT2D eigenvalue weighted by Gasteiger charge is 2.30. The van der Waals surface area contributed by atoms with Crippen molar-refractivity contribution in [2.75, 3.05) is 13.1 Å². The van der Waals surface area contributed by atoms with Gasteiger partial charge in [-0.05, 0) is 47.1 Å². The Morgan fingerprint density at radius 1 is 1.08 bits per heavy atom. The molecule has 1 unspecified atom stereocenters. The van der Waals surface area contributed by atoms with E-state index in [1.165, 1.54) is 27.6 Å². The van der Waals surface area contributed by atoms with Gasteiger partial charge in [-0.1, -0.05) is 24.3 Å². The van der Waals surface area contributed by atoms with Crippen molar-refractivity contribution in [2.24, 2.45) is 11.8 Å². The molecule has 0 bridgehead atoms. The molecule has 5 heteroatoms. The van der Waals surface area contributed by atoms with Gasteiger partial charge in [-0.15, -0.1) is 0 Å².